The predicted molar refractivity (Wildman–Crippen MR) is 152 cm³/mol. The SMILES string of the molecule is CCOc1cc(C2C(C(=O)/C=C/c3ccccc3)=C(O)C(=O)N2Cc2ccccc2)ccc1OCCC(C)C. The van der Waals surface area contributed by atoms with Gasteiger partial charge in [-0.25, -0.2) is 0 Å². The molecule has 1 N–H and O–H groups in total. The lowest BCUT2D eigenvalue weighted by molar-refractivity contribution is -0.130. The van der Waals surface area contributed by atoms with Gasteiger partial charge in [-0.15, -0.1) is 0 Å². The van der Waals surface area contributed by atoms with Crippen LogP contribution in [0.1, 0.15) is 49.9 Å². The summed E-state index contributed by atoms with van der Waals surface area (Å²) in [6.07, 6.45) is 3.99. The van der Waals surface area contributed by atoms with E-state index < -0.39 is 23.5 Å². The molecule has 1 heterocycles. The van der Waals surface area contributed by atoms with Gasteiger partial charge in [0.25, 0.3) is 5.91 Å². The van der Waals surface area contributed by atoms with Crippen LogP contribution in [0, 0.1) is 5.92 Å². The second-order valence-corrected chi connectivity index (χ2v) is 9.86. The van der Waals surface area contributed by atoms with E-state index in [1.165, 1.54) is 11.0 Å². The first kappa shape index (κ1) is 27.7. The lowest BCUT2D eigenvalue weighted by Crippen LogP contribution is -2.30. The minimum absolute atomic E-state index is 0.0408. The van der Waals surface area contributed by atoms with Crippen molar-refractivity contribution in [2.75, 3.05) is 13.2 Å². The minimum atomic E-state index is -0.797. The summed E-state index contributed by atoms with van der Waals surface area (Å²) < 4.78 is 11.9. The van der Waals surface area contributed by atoms with E-state index in [-0.39, 0.29) is 12.1 Å². The number of hydrogen-bond donors (Lipinski definition) is 1. The van der Waals surface area contributed by atoms with Gasteiger partial charge >= 0.3 is 0 Å². The molecule has 0 bridgehead atoms. The van der Waals surface area contributed by atoms with Crippen LogP contribution in [0.15, 0.2) is 96.3 Å². The summed E-state index contributed by atoms with van der Waals surface area (Å²) in [5.41, 5.74) is 2.42. The zero-order valence-corrected chi connectivity index (χ0v) is 22.7. The molecule has 1 unspecified atom stereocenters. The highest BCUT2D eigenvalue weighted by Crippen LogP contribution is 2.42. The number of nitrogens with zero attached hydrogens (tertiary/aromatic N) is 1. The van der Waals surface area contributed by atoms with Crippen molar-refractivity contribution in [3.05, 3.63) is 113 Å². The highest BCUT2D eigenvalue weighted by molar-refractivity contribution is 6.14. The molecule has 3 aromatic carbocycles. The Morgan fingerprint density at radius 1 is 0.974 bits per heavy atom. The Labute approximate surface area is 230 Å². The molecule has 0 aliphatic carbocycles. The molecular formula is C33H35NO5. The molecule has 39 heavy (non-hydrogen) atoms. The van der Waals surface area contributed by atoms with Gasteiger partial charge in [0.1, 0.15) is 0 Å². The Kier molecular flexibility index (Phi) is 9.21. The molecule has 1 aliphatic heterocycles. The molecule has 0 saturated carbocycles. The van der Waals surface area contributed by atoms with Crippen molar-refractivity contribution in [3.8, 4) is 11.5 Å². The second-order valence-electron chi connectivity index (χ2n) is 9.86. The largest absolute Gasteiger partial charge is 0.503 e. The molecule has 0 spiro atoms. The summed E-state index contributed by atoms with van der Waals surface area (Å²) in [6.45, 7) is 7.36. The summed E-state index contributed by atoms with van der Waals surface area (Å²) in [7, 11) is 0. The molecule has 0 radical (unpaired) electrons. The van der Waals surface area contributed by atoms with E-state index in [2.05, 4.69) is 13.8 Å². The number of aliphatic hydroxyl groups is 1. The smallest absolute Gasteiger partial charge is 0.290 e. The molecule has 202 valence electrons. The normalized spacial score (nSPS) is 15.4. The van der Waals surface area contributed by atoms with Crippen molar-refractivity contribution in [3.63, 3.8) is 0 Å². The third kappa shape index (κ3) is 6.77. The molecule has 1 amide bonds. The fourth-order valence-corrected chi connectivity index (χ4v) is 4.51. The van der Waals surface area contributed by atoms with Crippen LogP contribution >= 0.6 is 0 Å². The average Bonchev–Trinajstić information content (AvgIpc) is 3.18. The first-order valence-corrected chi connectivity index (χ1v) is 13.3. The monoisotopic (exact) mass is 525 g/mol. The van der Waals surface area contributed by atoms with E-state index in [1.54, 1.807) is 12.1 Å². The van der Waals surface area contributed by atoms with Crippen LogP contribution in [0.5, 0.6) is 11.5 Å². The lowest BCUT2D eigenvalue weighted by Gasteiger charge is -2.27. The summed E-state index contributed by atoms with van der Waals surface area (Å²) in [5, 5.41) is 11.0. The van der Waals surface area contributed by atoms with Gasteiger partial charge in [0.2, 0.25) is 0 Å². The van der Waals surface area contributed by atoms with Crippen LogP contribution in [-0.4, -0.2) is 34.9 Å². The third-order valence-electron chi connectivity index (χ3n) is 6.53. The number of aliphatic hydroxyl groups excluding tert-OH is 1. The van der Waals surface area contributed by atoms with Gasteiger partial charge in [-0.2, -0.15) is 0 Å². The highest BCUT2D eigenvalue weighted by atomic mass is 16.5. The Hall–Kier alpha value is -4.32. The van der Waals surface area contributed by atoms with Crippen molar-refractivity contribution >= 4 is 17.8 Å². The fourth-order valence-electron chi connectivity index (χ4n) is 4.51. The molecule has 6 heteroatoms. The number of ketones is 1. The standard InChI is InChI=1S/C33H35NO5/c1-4-38-29-21-26(16-18-28(29)39-20-19-23(2)3)31-30(27(35)17-15-24-11-7-5-8-12-24)32(36)33(37)34(31)22-25-13-9-6-10-14-25/h5-18,21,23,31,36H,4,19-20,22H2,1-3H3/b17-15+. The Balaban J connectivity index is 1.73. The van der Waals surface area contributed by atoms with Crippen LogP contribution in [0.2, 0.25) is 0 Å². The average molecular weight is 526 g/mol. The predicted octanol–water partition coefficient (Wildman–Crippen LogP) is 6.69. The van der Waals surface area contributed by atoms with Gasteiger partial charge < -0.3 is 19.5 Å². The quantitative estimate of drug-likeness (QED) is 0.267. The molecule has 1 atom stereocenters. The van der Waals surface area contributed by atoms with Crippen LogP contribution in [0.25, 0.3) is 6.08 Å². The van der Waals surface area contributed by atoms with E-state index in [1.807, 2.05) is 79.7 Å². The van der Waals surface area contributed by atoms with Crippen molar-refractivity contribution in [1.82, 2.24) is 4.90 Å². The molecule has 0 aromatic heterocycles. The second kappa shape index (κ2) is 13.0. The summed E-state index contributed by atoms with van der Waals surface area (Å²) in [4.78, 5) is 28.4. The van der Waals surface area contributed by atoms with Crippen molar-refractivity contribution in [1.29, 1.82) is 0 Å². The first-order valence-electron chi connectivity index (χ1n) is 13.3. The molecular weight excluding hydrogens is 490 g/mol. The molecule has 3 aromatic rings. The molecule has 4 rings (SSSR count). The van der Waals surface area contributed by atoms with E-state index in [0.29, 0.717) is 36.2 Å². The summed E-state index contributed by atoms with van der Waals surface area (Å²) in [5.74, 6) is 0.0838. The maximum absolute atomic E-state index is 13.5. The molecule has 1 aliphatic rings. The molecule has 6 nitrogen and oxygen atoms in total. The molecule has 0 saturated heterocycles. The van der Waals surface area contributed by atoms with Gasteiger partial charge in [-0.3, -0.25) is 9.59 Å². The van der Waals surface area contributed by atoms with Crippen molar-refractivity contribution in [2.45, 2.75) is 39.8 Å². The fraction of sp³-hybridized carbons (Fsp3) is 0.273. The Morgan fingerprint density at radius 2 is 1.67 bits per heavy atom. The van der Waals surface area contributed by atoms with Crippen molar-refractivity contribution < 1.29 is 24.2 Å². The number of rotatable bonds is 12. The zero-order chi connectivity index (χ0) is 27.8. The van der Waals surface area contributed by atoms with Crippen LogP contribution in [0.4, 0.5) is 0 Å². The minimum Gasteiger partial charge on any atom is -0.503 e. The number of ether oxygens (including phenoxy) is 2. The summed E-state index contributed by atoms with van der Waals surface area (Å²) in [6, 6.07) is 23.6. The first-order chi connectivity index (χ1) is 18.9. The van der Waals surface area contributed by atoms with Gasteiger partial charge in [-0.1, -0.05) is 86.7 Å². The number of benzene rings is 3. The Bertz CT molecular complexity index is 1350. The zero-order valence-electron chi connectivity index (χ0n) is 22.7. The van der Waals surface area contributed by atoms with Gasteiger partial charge in [0.05, 0.1) is 24.8 Å². The van der Waals surface area contributed by atoms with Crippen LogP contribution in [0.3, 0.4) is 0 Å². The van der Waals surface area contributed by atoms with E-state index in [4.69, 9.17) is 9.47 Å². The van der Waals surface area contributed by atoms with E-state index >= 15 is 0 Å². The maximum Gasteiger partial charge on any atom is 0.290 e. The highest BCUT2D eigenvalue weighted by Gasteiger charge is 2.43. The lowest BCUT2D eigenvalue weighted by atomic mass is 9.95. The number of hydrogen-bond acceptors (Lipinski definition) is 5. The van der Waals surface area contributed by atoms with E-state index in [0.717, 1.165) is 17.5 Å². The molecule has 0 fully saturated rings. The van der Waals surface area contributed by atoms with Gasteiger partial charge in [-0.05, 0) is 54.2 Å². The number of carbonyl (C=O) groups excluding carboxylic acids is 2. The number of allylic oxidation sites excluding steroid dienone is 1. The van der Waals surface area contributed by atoms with Gasteiger partial charge in [0, 0.05) is 6.54 Å². The van der Waals surface area contributed by atoms with Gasteiger partial charge in [0.15, 0.2) is 23.0 Å². The topological polar surface area (TPSA) is 76.1 Å². The Morgan fingerprint density at radius 3 is 2.33 bits per heavy atom. The number of carbonyl (C=O) groups is 2. The third-order valence-corrected chi connectivity index (χ3v) is 6.53. The van der Waals surface area contributed by atoms with E-state index in [9.17, 15) is 14.7 Å². The van der Waals surface area contributed by atoms with Crippen molar-refractivity contribution in [2.24, 2.45) is 5.92 Å². The van der Waals surface area contributed by atoms with Crippen LogP contribution in [-0.2, 0) is 16.1 Å². The number of amides is 1. The maximum atomic E-state index is 13.5. The van der Waals surface area contributed by atoms with Crippen LogP contribution < -0.4 is 9.47 Å². The summed E-state index contributed by atoms with van der Waals surface area (Å²) >= 11 is 0.